The van der Waals surface area contributed by atoms with Gasteiger partial charge in [0.2, 0.25) is 0 Å². The topological polar surface area (TPSA) is 55.8 Å². The average Bonchev–Trinajstić information content (AvgIpc) is 3.08. The number of amides is 2. The second-order valence-electron chi connectivity index (χ2n) is 7.34. The van der Waals surface area contributed by atoms with Crippen molar-refractivity contribution in [2.24, 2.45) is 0 Å². The number of carbonyl (C=O) groups excluding carboxylic acids is 2. The fourth-order valence-corrected chi connectivity index (χ4v) is 4.67. The highest BCUT2D eigenvalue weighted by Gasteiger charge is 2.35. The maximum Gasteiger partial charge on any atom is 0.293 e. The Balaban J connectivity index is 1.47. The molecule has 3 aromatic carbocycles. The van der Waals surface area contributed by atoms with Crippen LogP contribution < -0.4 is 9.47 Å². The van der Waals surface area contributed by atoms with Gasteiger partial charge in [0.15, 0.2) is 11.5 Å². The molecule has 2 amide bonds. The van der Waals surface area contributed by atoms with Crippen molar-refractivity contribution < 1.29 is 19.1 Å². The second kappa shape index (κ2) is 10.9. The molecule has 5 nitrogen and oxygen atoms in total. The molecule has 0 bridgehead atoms. The van der Waals surface area contributed by atoms with E-state index in [0.717, 1.165) is 27.4 Å². The Morgan fingerprint density at radius 2 is 1.68 bits per heavy atom. The standard InChI is InChI=1S/C25H18BrCl2NO4S/c1-32-22-11-16(5-9-21(22)33-14-17-4-8-19(27)20(28)10-17)12-23-24(30)29(25(31)34-23)13-15-2-6-18(26)7-3-15/h2-12H,13-14H2,1H3/b23-12-. The molecule has 0 atom stereocenters. The maximum absolute atomic E-state index is 12.9. The number of imide groups is 1. The van der Waals surface area contributed by atoms with Crippen LogP contribution in [-0.4, -0.2) is 23.2 Å². The first-order valence-electron chi connectivity index (χ1n) is 10.1. The van der Waals surface area contributed by atoms with Gasteiger partial charge in [-0.05, 0) is 70.9 Å². The number of hydrogen-bond donors (Lipinski definition) is 0. The summed E-state index contributed by atoms with van der Waals surface area (Å²) in [6.45, 7) is 0.502. The number of carbonyl (C=O) groups is 2. The number of ether oxygens (including phenoxy) is 2. The van der Waals surface area contributed by atoms with E-state index in [0.29, 0.717) is 32.0 Å². The molecule has 0 N–H and O–H groups in total. The van der Waals surface area contributed by atoms with Crippen LogP contribution in [0.25, 0.3) is 6.08 Å². The molecule has 1 fully saturated rings. The summed E-state index contributed by atoms with van der Waals surface area (Å²) in [5, 5.41) is 0.639. The van der Waals surface area contributed by atoms with Crippen LogP contribution in [0.1, 0.15) is 16.7 Å². The largest absolute Gasteiger partial charge is 0.493 e. The van der Waals surface area contributed by atoms with Crippen LogP contribution in [0.5, 0.6) is 11.5 Å². The zero-order valence-electron chi connectivity index (χ0n) is 17.9. The normalized spacial score (nSPS) is 14.7. The van der Waals surface area contributed by atoms with E-state index in [2.05, 4.69) is 15.9 Å². The number of rotatable bonds is 7. The Bertz CT molecular complexity index is 1280. The number of benzene rings is 3. The summed E-state index contributed by atoms with van der Waals surface area (Å²) in [4.78, 5) is 26.9. The first kappa shape index (κ1) is 24.7. The molecule has 174 valence electrons. The van der Waals surface area contributed by atoms with Gasteiger partial charge in [0, 0.05) is 4.47 Å². The molecule has 0 aromatic heterocycles. The van der Waals surface area contributed by atoms with E-state index < -0.39 is 0 Å². The van der Waals surface area contributed by atoms with Crippen LogP contribution in [-0.2, 0) is 17.9 Å². The minimum absolute atomic E-state index is 0.222. The lowest BCUT2D eigenvalue weighted by molar-refractivity contribution is -0.123. The molecule has 0 radical (unpaired) electrons. The Hall–Kier alpha value is -2.45. The van der Waals surface area contributed by atoms with Crippen LogP contribution >= 0.6 is 50.9 Å². The van der Waals surface area contributed by atoms with Crippen molar-refractivity contribution in [3.05, 3.63) is 96.8 Å². The minimum Gasteiger partial charge on any atom is -0.493 e. The van der Waals surface area contributed by atoms with Gasteiger partial charge in [-0.1, -0.05) is 63.4 Å². The average molecular weight is 579 g/mol. The van der Waals surface area contributed by atoms with Crippen molar-refractivity contribution in [3.8, 4) is 11.5 Å². The molecule has 1 aliphatic rings. The van der Waals surface area contributed by atoms with Crippen molar-refractivity contribution in [1.82, 2.24) is 4.90 Å². The van der Waals surface area contributed by atoms with Crippen LogP contribution in [0.15, 0.2) is 70.0 Å². The molecule has 1 saturated heterocycles. The summed E-state index contributed by atoms with van der Waals surface area (Å²) >= 11 is 16.3. The Morgan fingerprint density at radius 3 is 2.38 bits per heavy atom. The molecule has 0 spiro atoms. The summed E-state index contributed by atoms with van der Waals surface area (Å²) in [6, 6.07) is 18.1. The molecule has 1 heterocycles. The van der Waals surface area contributed by atoms with Gasteiger partial charge in [0.1, 0.15) is 6.61 Å². The number of halogens is 3. The van der Waals surface area contributed by atoms with Crippen molar-refractivity contribution in [2.45, 2.75) is 13.2 Å². The van der Waals surface area contributed by atoms with Crippen LogP contribution in [0.3, 0.4) is 0 Å². The fraction of sp³-hybridized carbons (Fsp3) is 0.120. The van der Waals surface area contributed by atoms with Crippen molar-refractivity contribution in [3.63, 3.8) is 0 Å². The van der Waals surface area contributed by atoms with E-state index in [1.54, 1.807) is 36.4 Å². The molecule has 3 aromatic rings. The van der Waals surface area contributed by atoms with Crippen LogP contribution in [0.4, 0.5) is 4.79 Å². The highest BCUT2D eigenvalue weighted by Crippen LogP contribution is 2.35. The van der Waals surface area contributed by atoms with Gasteiger partial charge in [0.25, 0.3) is 11.1 Å². The monoisotopic (exact) mass is 577 g/mol. The van der Waals surface area contributed by atoms with Crippen molar-refractivity contribution >= 4 is 68.1 Å². The summed E-state index contributed by atoms with van der Waals surface area (Å²) in [6.07, 6.45) is 1.68. The smallest absolute Gasteiger partial charge is 0.293 e. The van der Waals surface area contributed by atoms with Gasteiger partial charge in [-0.3, -0.25) is 14.5 Å². The van der Waals surface area contributed by atoms with Crippen LogP contribution in [0.2, 0.25) is 10.0 Å². The van der Waals surface area contributed by atoms with E-state index in [4.69, 9.17) is 32.7 Å². The molecule has 9 heteroatoms. The third-order valence-electron chi connectivity index (χ3n) is 4.99. The number of nitrogens with zero attached hydrogens (tertiary/aromatic N) is 1. The molecular weight excluding hydrogens is 561 g/mol. The highest BCUT2D eigenvalue weighted by molar-refractivity contribution is 9.10. The zero-order chi connectivity index (χ0) is 24.2. The van der Waals surface area contributed by atoms with Gasteiger partial charge in [-0.25, -0.2) is 0 Å². The predicted molar refractivity (Wildman–Crippen MR) is 139 cm³/mol. The fourth-order valence-electron chi connectivity index (χ4n) is 3.24. The quantitative estimate of drug-likeness (QED) is 0.270. The number of thioether (sulfide) groups is 1. The Morgan fingerprint density at radius 1 is 0.941 bits per heavy atom. The second-order valence-corrected chi connectivity index (χ2v) is 10.1. The van der Waals surface area contributed by atoms with Gasteiger partial charge in [-0.2, -0.15) is 0 Å². The Labute approximate surface area is 219 Å². The van der Waals surface area contributed by atoms with Gasteiger partial charge >= 0.3 is 0 Å². The van der Waals surface area contributed by atoms with E-state index >= 15 is 0 Å². The third-order valence-corrected chi connectivity index (χ3v) is 7.17. The van der Waals surface area contributed by atoms with E-state index in [1.807, 2.05) is 30.3 Å². The lowest BCUT2D eigenvalue weighted by Gasteiger charge is -2.13. The van der Waals surface area contributed by atoms with Gasteiger partial charge in [-0.15, -0.1) is 0 Å². The lowest BCUT2D eigenvalue weighted by atomic mass is 10.1. The Kier molecular flexibility index (Phi) is 7.88. The van der Waals surface area contributed by atoms with Crippen LogP contribution in [0, 0.1) is 0 Å². The molecule has 0 saturated carbocycles. The molecular formula is C25H18BrCl2NO4S. The highest BCUT2D eigenvalue weighted by atomic mass is 79.9. The molecule has 0 aliphatic carbocycles. The van der Waals surface area contributed by atoms with Gasteiger partial charge < -0.3 is 9.47 Å². The van der Waals surface area contributed by atoms with Crippen molar-refractivity contribution in [2.75, 3.05) is 7.11 Å². The summed E-state index contributed by atoms with van der Waals surface area (Å²) in [5.41, 5.74) is 2.45. The molecule has 4 rings (SSSR count). The van der Waals surface area contributed by atoms with Crippen molar-refractivity contribution in [1.29, 1.82) is 0 Å². The summed E-state index contributed by atoms with van der Waals surface area (Å²) in [5.74, 6) is 0.716. The third kappa shape index (κ3) is 5.78. The first-order valence-corrected chi connectivity index (χ1v) is 12.4. The maximum atomic E-state index is 12.9. The number of methoxy groups -OCH3 is 1. The summed E-state index contributed by atoms with van der Waals surface area (Å²) in [7, 11) is 1.54. The number of hydrogen-bond acceptors (Lipinski definition) is 5. The molecule has 1 aliphatic heterocycles. The van der Waals surface area contributed by atoms with E-state index in [9.17, 15) is 9.59 Å². The lowest BCUT2D eigenvalue weighted by Crippen LogP contribution is -2.27. The summed E-state index contributed by atoms with van der Waals surface area (Å²) < 4.78 is 12.3. The van der Waals surface area contributed by atoms with E-state index in [1.165, 1.54) is 12.0 Å². The zero-order valence-corrected chi connectivity index (χ0v) is 21.8. The minimum atomic E-state index is -0.322. The van der Waals surface area contributed by atoms with E-state index in [-0.39, 0.29) is 24.3 Å². The molecule has 0 unspecified atom stereocenters. The SMILES string of the molecule is COc1cc(/C=C2\SC(=O)N(Cc3ccc(Br)cc3)C2=O)ccc1OCc1ccc(Cl)c(Cl)c1. The van der Waals surface area contributed by atoms with Gasteiger partial charge in [0.05, 0.1) is 28.6 Å². The molecule has 34 heavy (non-hydrogen) atoms. The first-order chi connectivity index (χ1) is 16.3. The predicted octanol–water partition coefficient (Wildman–Crippen LogP) is 7.58.